The third kappa shape index (κ3) is 25.0. The van der Waals surface area contributed by atoms with Crippen LogP contribution >= 0.6 is 0 Å². The van der Waals surface area contributed by atoms with Crippen LogP contribution in [0.1, 0.15) is 126 Å². The number of benzene rings is 1. The number of nitrogens with two attached hydrogens (primary N) is 3. The Morgan fingerprint density at radius 1 is 0.644 bits per heavy atom. The number of carbonyl (C=O) groups excluding carboxylic acids is 11. The maximum atomic E-state index is 14.4. The van der Waals surface area contributed by atoms with Crippen LogP contribution in [0.2, 0.25) is 0 Å². The minimum Gasteiger partial charge on any atom is -0.459 e. The molecule has 87 heavy (non-hydrogen) atoms. The summed E-state index contributed by atoms with van der Waals surface area (Å²) in [5, 5.41) is 50.5. The van der Waals surface area contributed by atoms with Gasteiger partial charge >= 0.3 is 5.97 Å². The van der Waals surface area contributed by atoms with Crippen molar-refractivity contribution in [1.29, 1.82) is 0 Å². The van der Waals surface area contributed by atoms with Crippen molar-refractivity contribution >= 4 is 71.0 Å². The number of primary amides is 1. The van der Waals surface area contributed by atoms with Crippen LogP contribution in [0.3, 0.4) is 0 Å². The van der Waals surface area contributed by atoms with Crippen LogP contribution in [0.25, 0.3) is 0 Å². The molecule has 0 saturated carbocycles. The van der Waals surface area contributed by atoms with Gasteiger partial charge in [0.25, 0.3) is 0 Å². The smallest absolute Gasteiger partial charge is 0.329 e. The molecule has 29 heteroatoms. The zero-order chi connectivity index (χ0) is 65.7. The lowest BCUT2D eigenvalue weighted by molar-refractivity contribution is -0.156. The van der Waals surface area contributed by atoms with Gasteiger partial charge in [0.1, 0.15) is 54.4 Å². The van der Waals surface area contributed by atoms with E-state index in [0.29, 0.717) is 38.5 Å². The Morgan fingerprint density at radius 2 is 1.13 bits per heavy atom. The van der Waals surface area contributed by atoms with E-state index in [9.17, 15) is 63.0 Å². The number of aliphatic hydroxyl groups excluding tert-OH is 2. The first-order chi connectivity index (χ1) is 41.1. The Bertz CT molecular complexity index is 2470. The summed E-state index contributed by atoms with van der Waals surface area (Å²) in [6.07, 6.45) is 0.232. The van der Waals surface area contributed by atoms with E-state index >= 15 is 0 Å². The molecule has 1 fully saturated rings. The van der Waals surface area contributed by atoms with E-state index in [1.54, 1.807) is 62.4 Å². The molecular weight excluding hydrogens is 1130 g/mol. The number of likely N-dealkylation sites (N-methyl/N-ethyl adjacent to an activating group) is 1. The number of hydrogen-bond acceptors (Lipinski definition) is 17. The molecule has 1 aliphatic heterocycles. The van der Waals surface area contributed by atoms with E-state index in [4.69, 9.17) is 21.9 Å². The maximum Gasteiger partial charge on any atom is 0.329 e. The Balaban J connectivity index is 2.37. The molecule has 0 bridgehead atoms. The van der Waals surface area contributed by atoms with E-state index < -0.39 is 181 Å². The lowest BCUT2D eigenvalue weighted by atomic mass is 9.94. The minimum atomic E-state index is -1.67. The molecule has 10 amide bonds. The highest BCUT2D eigenvalue weighted by Crippen LogP contribution is 2.17. The number of ether oxygens (including phenoxy) is 1. The van der Waals surface area contributed by atoms with Gasteiger partial charge in [-0.15, -0.1) is 0 Å². The molecule has 490 valence electrons. The predicted octanol–water partition coefficient (Wildman–Crippen LogP) is -3.41. The Morgan fingerprint density at radius 3 is 1.61 bits per heavy atom. The fourth-order valence-corrected chi connectivity index (χ4v) is 9.12. The Hall–Kier alpha value is -7.50. The fraction of sp³-hybridized carbons (Fsp3) is 0.690. The van der Waals surface area contributed by atoms with Gasteiger partial charge in [-0.05, 0) is 75.8 Å². The van der Waals surface area contributed by atoms with Gasteiger partial charge in [-0.2, -0.15) is 0 Å². The second-order valence-electron chi connectivity index (χ2n) is 22.5. The van der Waals surface area contributed by atoms with Crippen LogP contribution in [-0.4, -0.2) is 187 Å². The number of guanidine groups is 1. The number of carbonyl (C=O) groups is 11. The molecule has 19 N–H and O–H groups in total. The van der Waals surface area contributed by atoms with Crippen molar-refractivity contribution in [3.63, 3.8) is 0 Å². The molecule has 1 aromatic rings. The molecule has 0 spiro atoms. The topological polar surface area (TPSA) is 460 Å². The van der Waals surface area contributed by atoms with Gasteiger partial charge in [-0.3, -0.25) is 52.9 Å². The third-order valence-corrected chi connectivity index (χ3v) is 15.8. The first kappa shape index (κ1) is 75.6. The maximum absolute atomic E-state index is 14.4. The van der Waals surface area contributed by atoms with E-state index in [-0.39, 0.29) is 31.9 Å². The number of esters is 1. The number of nitrogens with one attached hydrogen (secondary N) is 11. The molecule has 1 aliphatic rings. The Kier molecular flexibility index (Phi) is 33.6. The van der Waals surface area contributed by atoms with E-state index in [0.717, 1.165) is 5.56 Å². The Labute approximate surface area is 510 Å². The van der Waals surface area contributed by atoms with Crippen LogP contribution in [-0.2, 0) is 63.9 Å². The summed E-state index contributed by atoms with van der Waals surface area (Å²) in [7, 11) is 1.60. The van der Waals surface area contributed by atoms with Crippen molar-refractivity contribution in [1.82, 2.24) is 58.5 Å². The van der Waals surface area contributed by atoms with Gasteiger partial charge in [0.05, 0.1) is 31.3 Å². The van der Waals surface area contributed by atoms with Crippen molar-refractivity contribution in [2.24, 2.45) is 45.9 Å². The van der Waals surface area contributed by atoms with Crippen molar-refractivity contribution in [2.75, 3.05) is 33.4 Å². The van der Waals surface area contributed by atoms with Gasteiger partial charge in [-0.25, -0.2) is 4.79 Å². The molecule has 2 rings (SSSR count). The van der Waals surface area contributed by atoms with E-state index in [1.807, 2.05) is 30.3 Å². The highest BCUT2D eigenvalue weighted by Gasteiger charge is 2.39. The summed E-state index contributed by atoms with van der Waals surface area (Å²) < 4.78 is 5.86. The monoisotopic (exact) mass is 1230 g/mol. The highest BCUT2D eigenvalue weighted by molar-refractivity contribution is 5.98. The number of hydrogen-bond donors (Lipinski definition) is 16. The van der Waals surface area contributed by atoms with Crippen molar-refractivity contribution in [2.45, 2.75) is 200 Å². The van der Waals surface area contributed by atoms with Crippen molar-refractivity contribution < 1.29 is 67.7 Å². The molecule has 29 nitrogen and oxygen atoms in total. The van der Waals surface area contributed by atoms with Crippen LogP contribution in [0.5, 0.6) is 0 Å². The molecule has 0 unspecified atom stereocenters. The first-order valence-electron chi connectivity index (χ1n) is 30.0. The van der Waals surface area contributed by atoms with Gasteiger partial charge in [0.15, 0.2) is 5.96 Å². The molecule has 16 atom stereocenters. The third-order valence-electron chi connectivity index (χ3n) is 15.8. The number of cyclic esters (lactones) is 1. The zero-order valence-electron chi connectivity index (χ0n) is 52.3. The van der Waals surface area contributed by atoms with E-state index in [1.165, 1.54) is 13.8 Å². The van der Waals surface area contributed by atoms with Gasteiger partial charge < -0.3 is 90.6 Å². The normalized spacial score (nSPS) is 21.2. The number of rotatable bonds is 34. The number of nitrogens with zero attached hydrogens (tertiary/aromatic N) is 1. The number of amides is 10. The lowest BCUT2D eigenvalue weighted by Crippen LogP contribution is -2.63. The zero-order valence-corrected chi connectivity index (χ0v) is 52.3. The van der Waals surface area contributed by atoms with Crippen LogP contribution in [0.4, 0.5) is 0 Å². The highest BCUT2D eigenvalue weighted by atomic mass is 16.5. The molecule has 0 aliphatic carbocycles. The summed E-state index contributed by atoms with van der Waals surface area (Å²) in [6, 6.07) is -4.73. The summed E-state index contributed by atoms with van der Waals surface area (Å²) >= 11 is 0. The lowest BCUT2D eigenvalue weighted by Gasteiger charge is -2.32. The number of aliphatic imine (C=N–C) groups is 1. The summed E-state index contributed by atoms with van der Waals surface area (Å²) in [6.45, 7) is 14.9. The number of aliphatic hydroxyl groups is 2. The summed E-state index contributed by atoms with van der Waals surface area (Å²) in [5.74, 6) is -11.3. The van der Waals surface area contributed by atoms with Gasteiger partial charge in [0.2, 0.25) is 59.1 Å². The SMILES string of the molecule is CC[C@H](C)[C@H](NC(=O)[C@@H](Cc1ccccc1)NC)C(=O)N[C@@H](CO)C(=O)N[C@H](CCC(N)=O)C(=O)N[C@@H](C(=O)N[C@H](C(=O)N[C@@H](CO)C(=O)N[C@@H]1CN[C@@H](C)C(=O)N[C@@H](CCCN=C(N)N)C(=O)N[C@@H]([C@@H](C)CC)C(=O)O[C@H]1C)[C@@H](C)CC)[C@@H](C)CC. The van der Waals surface area contributed by atoms with Gasteiger partial charge in [-0.1, -0.05) is 111 Å². The summed E-state index contributed by atoms with van der Waals surface area (Å²) in [4.78, 5) is 155. The molecule has 1 heterocycles. The van der Waals surface area contributed by atoms with Crippen LogP contribution < -0.4 is 75.7 Å². The first-order valence-corrected chi connectivity index (χ1v) is 30.0. The molecule has 0 radical (unpaired) electrons. The quantitative estimate of drug-likeness (QED) is 0.0138. The predicted molar refractivity (Wildman–Crippen MR) is 324 cm³/mol. The largest absolute Gasteiger partial charge is 0.459 e. The molecular formula is C58H99N15O14. The standard InChI is InChI=1S/C58H99N15O14/c1-12-30(5)44(71-51(80)39(62-11)26-36-20-17-16-18-21-36)54(83)68-41(28-74)52(81)66-38(23-24-43(59)76)50(79)70-46(32(7)14-3)56(85)72-45(31(6)13-2)55(84)69-42(29-75)53(82)67-40-27-64-34(9)48(77)65-37(22-19-25-63-58(60)61)49(78)73-47(33(8)15-4)57(86)87-35(40)10/h16-18,20-21,30-35,37-42,44-47,62,64,74-75H,12-15,19,22-29H2,1-11H3,(H2,59,76)(H,65,77)(H,66,81)(H,67,82)(H,68,83)(H,69,84)(H,70,79)(H,71,80)(H,72,85)(H,73,78)(H4,60,61,63)/t30-,31-,32-,33-,34-,35-,37-,38+,39+,40+,41-,42-,44-,45-,46+,47-/m0/s1. The molecule has 1 aromatic carbocycles. The minimum absolute atomic E-state index is 0.113. The average Bonchev–Trinajstić information content (AvgIpc) is 3.13. The van der Waals surface area contributed by atoms with Crippen molar-refractivity contribution in [3.8, 4) is 0 Å². The fourth-order valence-electron chi connectivity index (χ4n) is 9.12. The van der Waals surface area contributed by atoms with E-state index in [2.05, 4.69) is 63.5 Å². The average molecular weight is 1230 g/mol. The van der Waals surface area contributed by atoms with Crippen LogP contribution in [0.15, 0.2) is 35.3 Å². The van der Waals surface area contributed by atoms with Crippen LogP contribution in [0, 0.1) is 23.7 Å². The second-order valence-corrected chi connectivity index (χ2v) is 22.5. The molecule has 1 saturated heterocycles. The molecule has 0 aromatic heterocycles. The second kappa shape index (κ2) is 38.6. The summed E-state index contributed by atoms with van der Waals surface area (Å²) in [5.41, 5.74) is 17.2. The van der Waals surface area contributed by atoms with Crippen molar-refractivity contribution in [3.05, 3.63) is 35.9 Å². The van der Waals surface area contributed by atoms with Gasteiger partial charge in [0, 0.05) is 19.5 Å².